The number of rotatable bonds is 5. The van der Waals surface area contributed by atoms with Gasteiger partial charge >= 0.3 is 0 Å². The molecule has 2 heterocycles. The monoisotopic (exact) mass is 409 g/mol. The summed E-state index contributed by atoms with van der Waals surface area (Å²) in [6.45, 7) is 0.753. The van der Waals surface area contributed by atoms with E-state index in [4.69, 9.17) is 0 Å². The maximum Gasteiger partial charge on any atom is 0.251 e. The third kappa shape index (κ3) is 3.71. The van der Waals surface area contributed by atoms with E-state index in [0.29, 0.717) is 11.5 Å². The first-order valence-corrected chi connectivity index (χ1v) is 10.6. The molecular weight excluding hydrogens is 386 g/mol. The van der Waals surface area contributed by atoms with Crippen molar-refractivity contribution < 1.29 is 4.79 Å². The van der Waals surface area contributed by atoms with Gasteiger partial charge in [-0.1, -0.05) is 30.3 Å². The van der Waals surface area contributed by atoms with Gasteiger partial charge in [-0.15, -0.1) is 0 Å². The van der Waals surface area contributed by atoms with E-state index in [-0.39, 0.29) is 18.0 Å². The molecule has 1 aromatic heterocycles. The Bertz CT molecular complexity index is 1120. The summed E-state index contributed by atoms with van der Waals surface area (Å²) in [6.07, 6.45) is 7.89. The number of hydrogen-bond acceptors (Lipinski definition) is 5. The van der Waals surface area contributed by atoms with Crippen LogP contribution in [0.2, 0.25) is 0 Å². The van der Waals surface area contributed by atoms with E-state index in [0.717, 1.165) is 41.9 Å². The Labute approximate surface area is 181 Å². The Morgan fingerprint density at radius 1 is 1.06 bits per heavy atom. The van der Waals surface area contributed by atoms with Gasteiger partial charge in [-0.05, 0) is 54.7 Å². The third-order valence-electron chi connectivity index (χ3n) is 6.35. The number of nitrogens with zero attached hydrogens (tertiary/aromatic N) is 3. The second-order valence-corrected chi connectivity index (χ2v) is 8.15. The number of piperidine rings is 1. The molecule has 1 saturated heterocycles. The molecule has 5 rings (SSSR count). The Hall–Kier alpha value is -3.85. The summed E-state index contributed by atoms with van der Waals surface area (Å²) in [5, 5.41) is 15.9. The molecule has 2 aliphatic rings. The summed E-state index contributed by atoms with van der Waals surface area (Å²) in [4.78, 5) is 18.9. The Balaban J connectivity index is 1.32. The van der Waals surface area contributed by atoms with E-state index < -0.39 is 0 Å². The number of carbonyl (C=O) groups is 1. The van der Waals surface area contributed by atoms with E-state index in [2.05, 4.69) is 21.8 Å². The number of aromatic nitrogens is 1. The van der Waals surface area contributed by atoms with Gasteiger partial charge in [0.15, 0.2) is 6.19 Å². The molecule has 2 aromatic carbocycles. The smallest absolute Gasteiger partial charge is 0.251 e. The fourth-order valence-corrected chi connectivity index (χ4v) is 4.78. The van der Waals surface area contributed by atoms with Crippen LogP contribution < -0.4 is 10.6 Å². The number of carbonyl (C=O) groups excluding carboxylic acids is 1. The van der Waals surface area contributed by atoms with Crippen LogP contribution >= 0.6 is 0 Å². The number of nitriles is 1. The number of likely N-dealkylation sites (tertiary alicyclic amines) is 1. The summed E-state index contributed by atoms with van der Waals surface area (Å²) in [7, 11) is 0. The first-order valence-electron chi connectivity index (χ1n) is 10.6. The van der Waals surface area contributed by atoms with Gasteiger partial charge in [-0.25, -0.2) is 0 Å². The summed E-state index contributed by atoms with van der Waals surface area (Å²) in [5.74, 6) is 0.289. The van der Waals surface area contributed by atoms with Crippen molar-refractivity contribution in [3.63, 3.8) is 0 Å². The van der Waals surface area contributed by atoms with Gasteiger partial charge in [0.05, 0.1) is 12.1 Å². The molecule has 2 fully saturated rings. The molecule has 0 radical (unpaired) electrons. The average Bonchev–Trinajstić information content (AvgIpc) is 3.36. The lowest BCUT2D eigenvalue weighted by Gasteiger charge is -2.21. The van der Waals surface area contributed by atoms with Crippen LogP contribution in [-0.2, 0) is 0 Å². The van der Waals surface area contributed by atoms with Gasteiger partial charge in [0.25, 0.3) is 5.91 Å². The van der Waals surface area contributed by atoms with Crippen molar-refractivity contribution in [1.29, 1.82) is 5.26 Å². The summed E-state index contributed by atoms with van der Waals surface area (Å²) < 4.78 is 0. The van der Waals surface area contributed by atoms with Gasteiger partial charge in [0.2, 0.25) is 0 Å². The van der Waals surface area contributed by atoms with Crippen molar-refractivity contribution in [2.45, 2.75) is 24.9 Å². The molecule has 31 heavy (non-hydrogen) atoms. The minimum atomic E-state index is -0.0814. The second-order valence-electron chi connectivity index (χ2n) is 8.15. The van der Waals surface area contributed by atoms with E-state index in [9.17, 15) is 10.1 Å². The number of fused-ring (bicyclic) bond motifs is 2. The van der Waals surface area contributed by atoms with Gasteiger partial charge in [-0.2, -0.15) is 5.26 Å². The van der Waals surface area contributed by atoms with Crippen LogP contribution in [0.25, 0.3) is 11.1 Å². The number of para-hydroxylation sites is 1. The van der Waals surface area contributed by atoms with Gasteiger partial charge in [-0.3, -0.25) is 9.78 Å². The summed E-state index contributed by atoms with van der Waals surface area (Å²) >= 11 is 0. The molecule has 1 aliphatic carbocycles. The lowest BCUT2D eigenvalue weighted by molar-refractivity contribution is 0.0929. The molecule has 6 nitrogen and oxygen atoms in total. The second kappa shape index (κ2) is 8.11. The van der Waals surface area contributed by atoms with E-state index >= 15 is 0 Å². The number of benzene rings is 2. The normalized spacial score (nSPS) is 21.5. The highest BCUT2D eigenvalue weighted by molar-refractivity contribution is 5.95. The number of pyridine rings is 1. The molecule has 3 aromatic rings. The van der Waals surface area contributed by atoms with Crippen LogP contribution in [0.15, 0.2) is 73.1 Å². The molecule has 2 unspecified atom stereocenters. The Morgan fingerprint density at radius 2 is 1.87 bits per heavy atom. The maximum absolute atomic E-state index is 12.8. The van der Waals surface area contributed by atoms with Crippen molar-refractivity contribution in [2.24, 2.45) is 5.92 Å². The van der Waals surface area contributed by atoms with Crippen molar-refractivity contribution >= 4 is 17.3 Å². The van der Waals surface area contributed by atoms with Crippen molar-refractivity contribution in [3.8, 4) is 17.3 Å². The standard InChI is InChI=1S/C25H23N5O/c26-16-30-15-19-10-11-23(30)24(19)29-25(31)18-8-6-17(7-9-18)21-14-27-13-12-22(21)28-20-4-2-1-3-5-20/h1-9,12-14,19,23-24H,10-11,15H2,(H,27,28)(H,29,31)/t19?,23?,24-/m1/s1. The topological polar surface area (TPSA) is 81.1 Å². The predicted octanol–water partition coefficient (Wildman–Crippen LogP) is 4.17. The zero-order chi connectivity index (χ0) is 21.2. The van der Waals surface area contributed by atoms with Gasteiger partial charge in [0.1, 0.15) is 0 Å². The average molecular weight is 409 g/mol. The van der Waals surface area contributed by atoms with Gasteiger partial charge < -0.3 is 15.5 Å². The van der Waals surface area contributed by atoms with Crippen LogP contribution in [0.1, 0.15) is 23.2 Å². The van der Waals surface area contributed by atoms with Crippen molar-refractivity contribution in [1.82, 2.24) is 15.2 Å². The first-order chi connectivity index (χ1) is 15.2. The zero-order valence-corrected chi connectivity index (χ0v) is 17.0. The summed E-state index contributed by atoms with van der Waals surface area (Å²) in [6, 6.07) is 19.7. The minimum Gasteiger partial charge on any atom is -0.355 e. The van der Waals surface area contributed by atoms with E-state index in [1.807, 2.05) is 71.8 Å². The number of anilines is 2. The molecule has 2 bridgehead atoms. The first kappa shape index (κ1) is 19.1. The number of nitrogens with one attached hydrogen (secondary N) is 2. The van der Waals surface area contributed by atoms with Crippen molar-refractivity contribution in [3.05, 3.63) is 78.6 Å². The van der Waals surface area contributed by atoms with Crippen LogP contribution in [0, 0.1) is 17.4 Å². The van der Waals surface area contributed by atoms with E-state index in [1.165, 1.54) is 0 Å². The zero-order valence-electron chi connectivity index (χ0n) is 17.0. The molecule has 1 saturated carbocycles. The molecule has 154 valence electrons. The number of hydrogen-bond donors (Lipinski definition) is 2. The largest absolute Gasteiger partial charge is 0.355 e. The Morgan fingerprint density at radius 3 is 2.61 bits per heavy atom. The lowest BCUT2D eigenvalue weighted by Crippen LogP contribution is -2.42. The van der Waals surface area contributed by atoms with Gasteiger partial charge in [0, 0.05) is 41.4 Å². The SMILES string of the molecule is N#CN1CC2CCC1[C@@H]2NC(=O)c1ccc(-c2cnccc2Nc2ccccc2)cc1. The molecule has 2 N–H and O–H groups in total. The predicted molar refractivity (Wildman–Crippen MR) is 119 cm³/mol. The van der Waals surface area contributed by atoms with Crippen LogP contribution in [0.4, 0.5) is 11.4 Å². The molecule has 3 atom stereocenters. The van der Waals surface area contributed by atoms with E-state index in [1.54, 1.807) is 6.20 Å². The van der Waals surface area contributed by atoms with Crippen molar-refractivity contribution in [2.75, 3.05) is 11.9 Å². The van der Waals surface area contributed by atoms with Crippen LogP contribution in [-0.4, -0.2) is 34.4 Å². The quantitative estimate of drug-likeness (QED) is 0.618. The molecule has 1 aliphatic heterocycles. The highest BCUT2D eigenvalue weighted by atomic mass is 16.1. The fourth-order valence-electron chi connectivity index (χ4n) is 4.78. The highest BCUT2D eigenvalue weighted by Gasteiger charge is 2.47. The fraction of sp³-hybridized carbons (Fsp3) is 0.240. The highest BCUT2D eigenvalue weighted by Crippen LogP contribution is 2.37. The molecule has 6 heteroatoms. The lowest BCUT2D eigenvalue weighted by atomic mass is 10.0. The number of amides is 1. The molecule has 0 spiro atoms. The summed E-state index contributed by atoms with van der Waals surface area (Å²) in [5.41, 5.74) is 4.54. The Kier molecular flexibility index (Phi) is 5.01. The minimum absolute atomic E-state index is 0.0619. The third-order valence-corrected chi connectivity index (χ3v) is 6.35. The van der Waals surface area contributed by atoms with Crippen LogP contribution in [0.5, 0.6) is 0 Å². The molecule has 1 amide bonds. The van der Waals surface area contributed by atoms with Crippen LogP contribution in [0.3, 0.4) is 0 Å². The molecular formula is C25H23N5O. The maximum atomic E-state index is 12.8.